The molecule has 0 bridgehead atoms. The predicted octanol–water partition coefficient (Wildman–Crippen LogP) is 11.8. The second-order valence-corrected chi connectivity index (χ2v) is 13.8. The summed E-state index contributed by atoms with van der Waals surface area (Å²) < 4.78 is 31.6. The first-order valence-electron chi connectivity index (χ1n) is 17.5. The van der Waals surface area contributed by atoms with Gasteiger partial charge >= 0.3 is 13.8 Å². The maximum Gasteiger partial charge on any atom is 0.587 e. The van der Waals surface area contributed by atoms with Crippen LogP contribution in [0, 0.1) is 0 Å². The summed E-state index contributed by atoms with van der Waals surface area (Å²) in [6.07, 6.45) is 20.2. The van der Waals surface area contributed by atoms with Crippen LogP contribution in [-0.4, -0.2) is 17.7 Å². The number of aryl methyl sites for hydroxylation is 2. The molecular formula is C39H55O6P. The van der Waals surface area contributed by atoms with E-state index in [0.717, 1.165) is 31.2 Å². The van der Waals surface area contributed by atoms with E-state index in [-0.39, 0.29) is 12.2 Å². The first-order chi connectivity index (χ1) is 22.4. The number of aromatic carboxylic acids is 1. The molecule has 0 aromatic heterocycles. The van der Waals surface area contributed by atoms with Crippen molar-refractivity contribution in [1.29, 1.82) is 0 Å². The molecule has 0 aliphatic carbocycles. The zero-order chi connectivity index (χ0) is 32.9. The summed E-state index contributed by atoms with van der Waals surface area (Å²) in [5.41, 5.74) is 3.52. The third kappa shape index (κ3) is 15.0. The fourth-order valence-electron chi connectivity index (χ4n) is 5.43. The molecule has 3 aromatic rings. The summed E-state index contributed by atoms with van der Waals surface area (Å²) in [6, 6.07) is 21.9. The Balaban J connectivity index is 1.57. The lowest BCUT2D eigenvalue weighted by molar-refractivity contribution is 0.0697. The summed E-state index contributed by atoms with van der Waals surface area (Å²) in [5, 5.41) is 9.16. The minimum atomic E-state index is -4.03. The van der Waals surface area contributed by atoms with E-state index < -0.39 is 13.8 Å². The fraction of sp³-hybridized carbons (Fsp3) is 0.513. The van der Waals surface area contributed by atoms with E-state index in [2.05, 4.69) is 13.8 Å². The third-order valence-corrected chi connectivity index (χ3v) is 9.63. The van der Waals surface area contributed by atoms with Gasteiger partial charge in [0.25, 0.3) is 0 Å². The van der Waals surface area contributed by atoms with Crippen molar-refractivity contribution in [1.82, 2.24) is 0 Å². The van der Waals surface area contributed by atoms with E-state index in [4.69, 9.17) is 18.7 Å². The molecular weight excluding hydrogens is 595 g/mol. The molecule has 0 atom stereocenters. The minimum Gasteiger partial charge on any atom is -0.478 e. The largest absolute Gasteiger partial charge is 0.587 e. The molecule has 0 heterocycles. The molecule has 252 valence electrons. The molecule has 0 saturated heterocycles. The van der Waals surface area contributed by atoms with E-state index in [9.17, 15) is 9.36 Å². The van der Waals surface area contributed by atoms with Gasteiger partial charge in [0.2, 0.25) is 0 Å². The normalized spacial score (nSPS) is 11.4. The van der Waals surface area contributed by atoms with Gasteiger partial charge in [-0.15, -0.1) is 0 Å². The minimum absolute atomic E-state index is 0.0797. The van der Waals surface area contributed by atoms with Gasteiger partial charge in [0.05, 0.1) is 12.2 Å². The molecule has 3 rings (SSSR count). The highest BCUT2D eigenvalue weighted by atomic mass is 31.2. The van der Waals surface area contributed by atoms with Crippen molar-refractivity contribution in [3.05, 3.63) is 95.1 Å². The van der Waals surface area contributed by atoms with Crippen LogP contribution in [0.3, 0.4) is 0 Å². The van der Waals surface area contributed by atoms with Crippen LogP contribution >= 0.6 is 7.82 Å². The van der Waals surface area contributed by atoms with Crippen molar-refractivity contribution in [2.75, 3.05) is 6.61 Å². The molecule has 0 aliphatic heterocycles. The van der Waals surface area contributed by atoms with Crippen LogP contribution in [0.25, 0.3) is 0 Å². The van der Waals surface area contributed by atoms with Gasteiger partial charge in [-0.3, -0.25) is 4.52 Å². The highest BCUT2D eigenvalue weighted by Crippen LogP contribution is 2.49. The van der Waals surface area contributed by atoms with Crippen LogP contribution in [0.1, 0.15) is 131 Å². The average Bonchev–Trinajstić information content (AvgIpc) is 3.05. The number of carbonyl (C=O) groups is 1. The number of hydrogen-bond acceptors (Lipinski definition) is 5. The lowest BCUT2D eigenvalue weighted by atomic mass is 10.0. The van der Waals surface area contributed by atoms with Crippen LogP contribution in [-0.2, 0) is 28.4 Å². The highest BCUT2D eigenvalue weighted by Gasteiger charge is 2.31. The molecule has 0 unspecified atom stereocenters. The number of hydrogen-bond donors (Lipinski definition) is 1. The topological polar surface area (TPSA) is 82.1 Å². The summed E-state index contributed by atoms with van der Waals surface area (Å²) in [6.45, 7) is 4.56. The number of rotatable bonds is 25. The second-order valence-electron chi connectivity index (χ2n) is 12.2. The van der Waals surface area contributed by atoms with Crippen LogP contribution in [0.4, 0.5) is 0 Å². The van der Waals surface area contributed by atoms with Crippen molar-refractivity contribution < 1.29 is 28.0 Å². The summed E-state index contributed by atoms with van der Waals surface area (Å²) in [7, 11) is -4.03. The Labute approximate surface area is 277 Å². The van der Waals surface area contributed by atoms with Crippen molar-refractivity contribution in [2.45, 2.75) is 123 Å². The standard InChI is InChI=1S/C39H55O6P/c1-3-5-7-9-11-13-15-17-33-21-27-37(28-22-33)44-46(42,43-32-31-35-19-25-36(26-20-35)39(40)41)45-38-29-23-34(24-30-38)18-16-14-12-10-8-6-4-2/h19-30H,3-18,31-32H2,1-2H3,(H,40,41). The zero-order valence-electron chi connectivity index (χ0n) is 28.1. The van der Waals surface area contributed by atoms with Gasteiger partial charge in [-0.05, 0) is 85.2 Å². The molecule has 0 saturated carbocycles. The van der Waals surface area contributed by atoms with Crippen LogP contribution in [0.5, 0.6) is 11.5 Å². The van der Waals surface area contributed by atoms with Crippen LogP contribution in [0.15, 0.2) is 72.8 Å². The molecule has 3 aromatic carbocycles. The molecule has 7 heteroatoms. The fourth-order valence-corrected chi connectivity index (χ4v) is 6.64. The quantitative estimate of drug-likeness (QED) is 0.0726. The Bertz CT molecular complexity index is 1220. The second kappa shape index (κ2) is 21.7. The Morgan fingerprint density at radius 2 is 0.913 bits per heavy atom. The maximum atomic E-state index is 13.9. The molecule has 6 nitrogen and oxygen atoms in total. The van der Waals surface area contributed by atoms with Crippen LogP contribution < -0.4 is 9.05 Å². The first-order valence-corrected chi connectivity index (χ1v) is 19.0. The SMILES string of the molecule is CCCCCCCCCc1ccc(OP(=O)(OCCc2ccc(C(=O)O)cc2)Oc2ccc(CCCCCCCCC)cc2)cc1. The summed E-state index contributed by atoms with van der Waals surface area (Å²) in [4.78, 5) is 11.2. The number of benzene rings is 3. The number of phosphoric acid groups is 1. The van der Waals surface area contributed by atoms with Gasteiger partial charge in [-0.25, -0.2) is 9.36 Å². The lowest BCUT2D eigenvalue weighted by Gasteiger charge is -2.19. The molecule has 0 aliphatic rings. The summed E-state index contributed by atoms with van der Waals surface area (Å²) in [5.74, 6) is -0.128. The molecule has 46 heavy (non-hydrogen) atoms. The van der Waals surface area contributed by atoms with Gasteiger partial charge in [-0.1, -0.05) is 127 Å². The Morgan fingerprint density at radius 1 is 0.543 bits per heavy atom. The molecule has 0 radical (unpaired) electrons. The maximum absolute atomic E-state index is 13.9. The van der Waals surface area contributed by atoms with E-state index in [1.54, 1.807) is 24.3 Å². The smallest absolute Gasteiger partial charge is 0.478 e. The van der Waals surface area contributed by atoms with E-state index >= 15 is 0 Å². The van der Waals surface area contributed by atoms with E-state index in [1.807, 2.05) is 48.5 Å². The average molecular weight is 651 g/mol. The Kier molecular flexibility index (Phi) is 17.6. The van der Waals surface area contributed by atoms with Gasteiger partial charge in [-0.2, -0.15) is 0 Å². The van der Waals surface area contributed by atoms with Gasteiger partial charge < -0.3 is 14.2 Å². The molecule has 0 fully saturated rings. The van der Waals surface area contributed by atoms with Gasteiger partial charge in [0.15, 0.2) is 0 Å². The number of phosphoric ester groups is 1. The third-order valence-electron chi connectivity index (χ3n) is 8.26. The highest BCUT2D eigenvalue weighted by molar-refractivity contribution is 7.49. The van der Waals surface area contributed by atoms with Gasteiger partial charge in [0.1, 0.15) is 11.5 Å². The van der Waals surface area contributed by atoms with Crippen molar-refractivity contribution in [3.8, 4) is 11.5 Å². The number of carboxylic acid groups (broad SMARTS) is 1. The lowest BCUT2D eigenvalue weighted by Crippen LogP contribution is -2.08. The molecule has 1 N–H and O–H groups in total. The van der Waals surface area contributed by atoms with Crippen molar-refractivity contribution in [2.24, 2.45) is 0 Å². The number of carboxylic acids is 1. The van der Waals surface area contributed by atoms with Crippen molar-refractivity contribution >= 4 is 13.8 Å². The summed E-state index contributed by atoms with van der Waals surface area (Å²) >= 11 is 0. The molecule has 0 amide bonds. The first kappa shape index (κ1) is 37.4. The van der Waals surface area contributed by atoms with Crippen LogP contribution in [0.2, 0.25) is 0 Å². The number of unbranched alkanes of at least 4 members (excludes halogenated alkanes) is 12. The Morgan fingerprint density at radius 3 is 1.33 bits per heavy atom. The monoisotopic (exact) mass is 650 g/mol. The zero-order valence-corrected chi connectivity index (χ0v) is 29.0. The van der Waals surface area contributed by atoms with E-state index in [0.29, 0.717) is 17.9 Å². The molecule has 0 spiro atoms. The Hall–Kier alpha value is -3.08. The predicted molar refractivity (Wildman–Crippen MR) is 188 cm³/mol. The van der Waals surface area contributed by atoms with Gasteiger partial charge in [0, 0.05) is 0 Å². The van der Waals surface area contributed by atoms with E-state index in [1.165, 1.54) is 88.2 Å². The van der Waals surface area contributed by atoms with Crippen molar-refractivity contribution in [3.63, 3.8) is 0 Å².